The van der Waals surface area contributed by atoms with E-state index in [9.17, 15) is 18.0 Å². The number of aromatic nitrogens is 3. The predicted octanol–water partition coefficient (Wildman–Crippen LogP) is 4.41. The second-order valence-corrected chi connectivity index (χ2v) is 6.97. The van der Waals surface area contributed by atoms with Crippen molar-refractivity contribution in [3.63, 3.8) is 0 Å². The third-order valence-electron chi connectivity index (χ3n) is 4.38. The summed E-state index contributed by atoms with van der Waals surface area (Å²) in [6.45, 7) is 0.549. The van der Waals surface area contributed by atoms with Gasteiger partial charge in [-0.3, -0.25) is 0 Å². The molecular formula is C21H20F3N5O2S. The third-order valence-corrected chi connectivity index (χ3v) is 4.50. The van der Waals surface area contributed by atoms with E-state index >= 15 is 0 Å². The van der Waals surface area contributed by atoms with Gasteiger partial charge in [0.15, 0.2) is 5.82 Å². The molecule has 0 fully saturated rings. The summed E-state index contributed by atoms with van der Waals surface area (Å²) in [6, 6.07) is 12.9. The van der Waals surface area contributed by atoms with Crippen LogP contribution in [-0.2, 0) is 6.42 Å². The molecule has 7 nitrogen and oxygen atoms in total. The number of hydrogen-bond acceptors (Lipinski definition) is 5. The second-order valence-electron chi connectivity index (χ2n) is 6.73. The average Bonchev–Trinajstić information content (AvgIpc) is 3.24. The number of aryl methyl sites for hydroxylation is 1. The maximum atomic E-state index is 12.3. The van der Waals surface area contributed by atoms with Crippen molar-refractivity contribution in [1.29, 1.82) is 0 Å². The molecule has 2 amide bonds. The summed E-state index contributed by atoms with van der Waals surface area (Å²) in [5, 5.41) is 9.50. The van der Waals surface area contributed by atoms with Crippen molar-refractivity contribution in [3.05, 3.63) is 60.4 Å². The molecule has 3 aromatic rings. The molecule has 1 aromatic heterocycles. The quantitative estimate of drug-likeness (QED) is 0.363. The molecular weight excluding hydrogens is 443 g/mol. The van der Waals surface area contributed by atoms with E-state index in [0.29, 0.717) is 18.1 Å². The number of nitrogens with zero attached hydrogens (tertiary/aromatic N) is 3. The van der Waals surface area contributed by atoms with E-state index in [-0.39, 0.29) is 11.8 Å². The number of carbonyl (C=O) groups excluding carboxylic acids is 1. The highest BCUT2D eigenvalue weighted by atomic mass is 32.1. The Hall–Kier alpha value is -3.47. The number of nitrogens with one attached hydrogen (secondary N) is 2. The lowest BCUT2D eigenvalue weighted by Gasteiger charge is -2.09. The molecule has 0 aliphatic carbocycles. The number of benzene rings is 2. The van der Waals surface area contributed by atoms with Crippen LogP contribution < -0.4 is 15.4 Å². The first-order valence-corrected chi connectivity index (χ1v) is 10.2. The molecule has 11 heteroatoms. The number of alkyl halides is 3. The van der Waals surface area contributed by atoms with Crippen molar-refractivity contribution >= 4 is 23.7 Å². The predicted molar refractivity (Wildman–Crippen MR) is 117 cm³/mol. The molecule has 2 N–H and O–H groups in total. The Morgan fingerprint density at radius 2 is 1.94 bits per heavy atom. The molecule has 0 saturated heterocycles. The number of unbranched alkanes of at least 4 members (excludes halogenated alkanes) is 1. The first-order valence-electron chi connectivity index (χ1n) is 9.69. The molecule has 0 saturated carbocycles. The summed E-state index contributed by atoms with van der Waals surface area (Å²) in [5.41, 5.74) is 3.65. The Balaban J connectivity index is 1.58. The highest BCUT2D eigenvalue weighted by Gasteiger charge is 2.31. The van der Waals surface area contributed by atoms with Gasteiger partial charge in [0, 0.05) is 12.1 Å². The number of rotatable bonds is 9. The number of urea groups is 1. The van der Waals surface area contributed by atoms with Crippen molar-refractivity contribution in [2.24, 2.45) is 0 Å². The number of halogens is 3. The molecule has 0 aliphatic heterocycles. The van der Waals surface area contributed by atoms with Crippen LogP contribution in [0.3, 0.4) is 0 Å². The van der Waals surface area contributed by atoms with Crippen molar-refractivity contribution in [2.45, 2.75) is 25.6 Å². The Morgan fingerprint density at radius 1 is 1.16 bits per heavy atom. The van der Waals surface area contributed by atoms with Gasteiger partial charge in [0.25, 0.3) is 0 Å². The number of thiocarbonyl (C=S) groups is 1. The average molecular weight is 463 g/mol. The van der Waals surface area contributed by atoms with E-state index in [0.717, 1.165) is 35.9 Å². The first-order chi connectivity index (χ1) is 15.3. The van der Waals surface area contributed by atoms with Gasteiger partial charge in [0.2, 0.25) is 0 Å². The van der Waals surface area contributed by atoms with Gasteiger partial charge < -0.3 is 15.4 Å². The maximum absolute atomic E-state index is 12.3. The van der Waals surface area contributed by atoms with Crippen LogP contribution in [0.1, 0.15) is 18.4 Å². The summed E-state index contributed by atoms with van der Waals surface area (Å²) in [6.07, 6.45) is -0.710. The molecule has 168 valence electrons. The lowest BCUT2D eigenvalue weighted by molar-refractivity contribution is -0.274. The lowest BCUT2D eigenvalue weighted by atomic mass is 10.0. The van der Waals surface area contributed by atoms with Gasteiger partial charge in [0.05, 0.1) is 11.2 Å². The van der Waals surface area contributed by atoms with Crippen molar-refractivity contribution in [3.8, 4) is 22.8 Å². The van der Waals surface area contributed by atoms with E-state index in [4.69, 9.17) is 0 Å². The normalized spacial score (nSPS) is 11.1. The summed E-state index contributed by atoms with van der Waals surface area (Å²) in [7, 11) is 0. The van der Waals surface area contributed by atoms with Gasteiger partial charge in [0.1, 0.15) is 12.1 Å². The molecule has 0 spiro atoms. The smallest absolute Gasteiger partial charge is 0.406 e. The highest BCUT2D eigenvalue weighted by Crippen LogP contribution is 2.24. The van der Waals surface area contributed by atoms with Crippen LogP contribution in [0.25, 0.3) is 17.1 Å². The minimum Gasteiger partial charge on any atom is -0.406 e. The summed E-state index contributed by atoms with van der Waals surface area (Å²) >= 11 is 4.55. The molecule has 0 bridgehead atoms. The molecule has 0 unspecified atom stereocenters. The zero-order chi connectivity index (χ0) is 23.0. The highest BCUT2D eigenvalue weighted by molar-refractivity contribution is 7.78. The lowest BCUT2D eigenvalue weighted by Crippen LogP contribution is -2.34. The van der Waals surface area contributed by atoms with Gasteiger partial charge in [-0.2, -0.15) is 0 Å². The van der Waals surface area contributed by atoms with Crippen molar-refractivity contribution in [1.82, 2.24) is 25.4 Å². The largest absolute Gasteiger partial charge is 0.573 e. The fourth-order valence-corrected chi connectivity index (χ4v) is 3.05. The van der Waals surface area contributed by atoms with Crippen LogP contribution in [-0.4, -0.2) is 39.2 Å². The Morgan fingerprint density at radius 3 is 2.66 bits per heavy atom. The Kier molecular flexibility index (Phi) is 7.77. The monoisotopic (exact) mass is 463 g/mol. The van der Waals surface area contributed by atoms with E-state index in [1.807, 2.05) is 24.3 Å². The number of hydrogen-bond donors (Lipinski definition) is 2. The number of ether oxygens (including phenoxy) is 1. The van der Waals surface area contributed by atoms with E-state index in [2.05, 4.69) is 37.7 Å². The standard InChI is InChI=1S/C21H20F3N5O2S/c22-21(23,24)31-18-9-7-17(8-10-18)29-13-26-19(28-29)16-6-3-5-15(12-16)4-1-2-11-25-20(30)27-14-32/h3,5-10,12-14H,1-2,4,11H2,(H2,25,27,30,32). The molecule has 32 heavy (non-hydrogen) atoms. The fourth-order valence-electron chi connectivity index (χ4n) is 2.95. The SMILES string of the molecule is O=C(NC=S)NCCCCc1cccc(-c2ncn(-c3ccc(OC(F)(F)F)cc3)n2)c1. The van der Waals surface area contributed by atoms with Gasteiger partial charge in [-0.25, -0.2) is 14.5 Å². The van der Waals surface area contributed by atoms with Crippen molar-refractivity contribution < 1.29 is 22.7 Å². The molecule has 0 radical (unpaired) electrons. The Labute approximate surface area is 187 Å². The van der Waals surface area contributed by atoms with Gasteiger partial charge >= 0.3 is 12.4 Å². The minimum atomic E-state index is -4.73. The van der Waals surface area contributed by atoms with Crippen LogP contribution in [0.4, 0.5) is 18.0 Å². The fraction of sp³-hybridized carbons (Fsp3) is 0.238. The minimum absolute atomic E-state index is 0.302. The zero-order valence-corrected chi connectivity index (χ0v) is 17.6. The van der Waals surface area contributed by atoms with Crippen molar-refractivity contribution in [2.75, 3.05) is 6.54 Å². The third kappa shape index (κ3) is 7.05. The second kappa shape index (κ2) is 10.7. The van der Waals surface area contributed by atoms with E-state index in [1.165, 1.54) is 35.3 Å². The molecule has 0 aliphatic rings. The van der Waals surface area contributed by atoms with E-state index in [1.54, 1.807) is 0 Å². The van der Waals surface area contributed by atoms with Crippen LogP contribution in [0.15, 0.2) is 54.9 Å². The van der Waals surface area contributed by atoms with Gasteiger partial charge in [-0.05, 0) is 55.2 Å². The summed E-state index contributed by atoms with van der Waals surface area (Å²) in [5.74, 6) is 0.199. The molecule has 0 atom stereocenters. The number of carbonyl (C=O) groups is 1. The number of amides is 2. The topological polar surface area (TPSA) is 81.1 Å². The Bertz CT molecular complexity index is 1050. The zero-order valence-electron chi connectivity index (χ0n) is 16.8. The van der Waals surface area contributed by atoms with E-state index < -0.39 is 6.36 Å². The molecule has 1 heterocycles. The van der Waals surface area contributed by atoms with Gasteiger partial charge in [-0.15, -0.1) is 18.3 Å². The first kappa shape index (κ1) is 23.2. The maximum Gasteiger partial charge on any atom is 0.573 e. The summed E-state index contributed by atoms with van der Waals surface area (Å²) in [4.78, 5) is 15.6. The molecule has 2 aromatic carbocycles. The van der Waals surface area contributed by atoms with Crippen LogP contribution in [0.2, 0.25) is 0 Å². The van der Waals surface area contributed by atoms with Crippen LogP contribution >= 0.6 is 12.2 Å². The summed E-state index contributed by atoms with van der Waals surface area (Å²) < 4.78 is 42.2. The van der Waals surface area contributed by atoms with Crippen LogP contribution in [0, 0.1) is 0 Å². The van der Waals surface area contributed by atoms with Crippen LogP contribution in [0.5, 0.6) is 5.75 Å². The molecule has 3 rings (SSSR count). The van der Waals surface area contributed by atoms with Gasteiger partial charge in [-0.1, -0.05) is 30.4 Å².